The van der Waals surface area contributed by atoms with Crippen LogP contribution >= 0.6 is 12.4 Å². The van der Waals surface area contributed by atoms with Gasteiger partial charge in [0.2, 0.25) is 0 Å². The lowest BCUT2D eigenvalue weighted by atomic mass is 9.84. The van der Waals surface area contributed by atoms with E-state index in [4.69, 9.17) is 4.74 Å². The number of morpholine rings is 1. The van der Waals surface area contributed by atoms with Gasteiger partial charge in [-0.3, -0.25) is 4.90 Å². The van der Waals surface area contributed by atoms with Crippen molar-refractivity contribution in [2.75, 3.05) is 19.7 Å². The van der Waals surface area contributed by atoms with Crippen molar-refractivity contribution in [2.45, 2.75) is 31.9 Å². The Balaban J connectivity index is 0.00000108. The lowest BCUT2D eigenvalue weighted by molar-refractivity contribution is -0.0784. The van der Waals surface area contributed by atoms with Crippen molar-refractivity contribution in [1.82, 2.24) is 4.90 Å². The average Bonchev–Trinajstić information content (AvgIpc) is 2.37. The highest BCUT2D eigenvalue weighted by Gasteiger charge is 2.36. The molecule has 0 radical (unpaired) electrons. The van der Waals surface area contributed by atoms with E-state index in [1.54, 1.807) is 0 Å². The van der Waals surface area contributed by atoms with Gasteiger partial charge in [0, 0.05) is 12.6 Å². The molecule has 1 aromatic carbocycles. The fourth-order valence-electron chi connectivity index (χ4n) is 3.13. The molecule has 1 saturated heterocycles. The molecule has 0 aromatic heterocycles. The van der Waals surface area contributed by atoms with E-state index in [0.717, 1.165) is 19.7 Å². The normalized spacial score (nSPS) is 27.8. The van der Waals surface area contributed by atoms with Gasteiger partial charge in [-0.25, -0.2) is 0 Å². The molecule has 2 nitrogen and oxygen atoms in total. The number of rotatable bonds is 1. The van der Waals surface area contributed by atoms with Gasteiger partial charge < -0.3 is 4.74 Å². The van der Waals surface area contributed by atoms with Crippen molar-refractivity contribution in [3.63, 3.8) is 0 Å². The van der Waals surface area contributed by atoms with E-state index >= 15 is 0 Å². The summed E-state index contributed by atoms with van der Waals surface area (Å²) >= 11 is 0. The maximum absolute atomic E-state index is 6.00. The lowest BCUT2D eigenvalue weighted by Gasteiger charge is -2.44. The Kier molecular flexibility index (Phi) is 4.08. The van der Waals surface area contributed by atoms with Crippen LogP contribution in [0.25, 0.3) is 0 Å². The highest BCUT2D eigenvalue weighted by molar-refractivity contribution is 5.85. The number of hydrogen-bond acceptors (Lipinski definition) is 2. The zero-order valence-corrected chi connectivity index (χ0v) is 11.1. The van der Waals surface area contributed by atoms with Crippen LogP contribution in [0.5, 0.6) is 0 Å². The minimum absolute atomic E-state index is 0. The third-order valence-electron chi connectivity index (χ3n) is 3.97. The highest BCUT2D eigenvalue weighted by atomic mass is 35.5. The second-order valence-electron chi connectivity index (χ2n) is 4.72. The topological polar surface area (TPSA) is 12.5 Å². The van der Waals surface area contributed by atoms with Crippen LogP contribution in [-0.2, 0) is 11.2 Å². The molecule has 94 valence electrons. The van der Waals surface area contributed by atoms with E-state index in [2.05, 4.69) is 36.1 Å². The molecule has 0 saturated carbocycles. The minimum atomic E-state index is 0. The highest BCUT2D eigenvalue weighted by Crippen LogP contribution is 2.37. The number of ether oxygens (including phenoxy) is 1. The van der Waals surface area contributed by atoms with Crippen molar-refractivity contribution in [3.05, 3.63) is 35.4 Å². The second-order valence-corrected chi connectivity index (χ2v) is 4.72. The standard InChI is InChI=1S/C14H19NO.ClH/c1-2-15-9-10-16-14-12-6-4-3-5-11(12)7-8-13(14)15;/h3-6,13-14H,2,7-10H2,1H3;1H/t13-,14-;/m1./s1. The van der Waals surface area contributed by atoms with Crippen LogP contribution in [0.2, 0.25) is 0 Å². The SMILES string of the molecule is CCN1CCO[C@@H]2c3ccccc3CC[C@H]21.Cl. The van der Waals surface area contributed by atoms with E-state index in [9.17, 15) is 0 Å². The molecule has 2 aliphatic rings. The third kappa shape index (κ3) is 2.22. The van der Waals surface area contributed by atoms with Gasteiger partial charge in [0.05, 0.1) is 12.7 Å². The second kappa shape index (κ2) is 5.38. The first-order chi connectivity index (χ1) is 7.90. The molecule has 17 heavy (non-hydrogen) atoms. The lowest BCUT2D eigenvalue weighted by Crippen LogP contribution is -2.48. The largest absolute Gasteiger partial charge is 0.371 e. The summed E-state index contributed by atoms with van der Waals surface area (Å²) in [6.45, 7) is 5.37. The molecule has 1 heterocycles. The summed E-state index contributed by atoms with van der Waals surface area (Å²) in [7, 11) is 0. The molecule has 0 amide bonds. The summed E-state index contributed by atoms with van der Waals surface area (Å²) in [6.07, 6.45) is 2.77. The predicted molar refractivity (Wildman–Crippen MR) is 71.7 cm³/mol. The summed E-state index contributed by atoms with van der Waals surface area (Å²) in [4.78, 5) is 2.57. The fraction of sp³-hybridized carbons (Fsp3) is 0.571. The van der Waals surface area contributed by atoms with Crippen LogP contribution in [0.1, 0.15) is 30.6 Å². The predicted octanol–water partition coefficient (Wildman–Crippen LogP) is 2.82. The Morgan fingerprint density at radius 1 is 1.35 bits per heavy atom. The molecular formula is C14H20ClNO. The Bertz CT molecular complexity index is 382. The number of likely N-dealkylation sites (N-methyl/N-ethyl adjacent to an activating group) is 1. The summed E-state index contributed by atoms with van der Waals surface area (Å²) in [5, 5.41) is 0. The first kappa shape index (κ1) is 12.9. The summed E-state index contributed by atoms with van der Waals surface area (Å²) in [5.41, 5.74) is 2.92. The molecule has 0 N–H and O–H groups in total. The Morgan fingerprint density at radius 2 is 2.18 bits per heavy atom. The molecule has 1 aromatic rings. The van der Waals surface area contributed by atoms with Crippen LogP contribution in [0.15, 0.2) is 24.3 Å². The van der Waals surface area contributed by atoms with Gasteiger partial charge in [-0.05, 0) is 30.5 Å². The molecule has 0 bridgehead atoms. The van der Waals surface area contributed by atoms with Crippen molar-refractivity contribution in [3.8, 4) is 0 Å². The van der Waals surface area contributed by atoms with Crippen molar-refractivity contribution >= 4 is 12.4 Å². The van der Waals surface area contributed by atoms with Crippen LogP contribution in [-0.4, -0.2) is 30.6 Å². The van der Waals surface area contributed by atoms with Gasteiger partial charge in [0.25, 0.3) is 0 Å². The van der Waals surface area contributed by atoms with Crippen LogP contribution in [0.3, 0.4) is 0 Å². The molecule has 0 unspecified atom stereocenters. The van der Waals surface area contributed by atoms with Crippen molar-refractivity contribution < 1.29 is 4.74 Å². The van der Waals surface area contributed by atoms with E-state index in [0.29, 0.717) is 12.1 Å². The van der Waals surface area contributed by atoms with Gasteiger partial charge in [0.15, 0.2) is 0 Å². The van der Waals surface area contributed by atoms with Gasteiger partial charge in [-0.1, -0.05) is 31.2 Å². The maximum Gasteiger partial charge on any atom is 0.0983 e. The number of halogens is 1. The number of hydrogen-bond donors (Lipinski definition) is 0. The first-order valence-corrected chi connectivity index (χ1v) is 6.33. The van der Waals surface area contributed by atoms with E-state index < -0.39 is 0 Å². The van der Waals surface area contributed by atoms with Crippen LogP contribution in [0.4, 0.5) is 0 Å². The van der Waals surface area contributed by atoms with Gasteiger partial charge in [-0.15, -0.1) is 12.4 Å². The van der Waals surface area contributed by atoms with E-state index in [1.165, 1.54) is 24.0 Å². The molecule has 3 rings (SSSR count). The number of fused-ring (bicyclic) bond motifs is 3. The smallest absolute Gasteiger partial charge is 0.0983 e. The molecule has 2 atom stereocenters. The number of nitrogens with zero attached hydrogens (tertiary/aromatic N) is 1. The van der Waals surface area contributed by atoms with E-state index in [-0.39, 0.29) is 12.4 Å². The fourth-order valence-corrected chi connectivity index (χ4v) is 3.13. The summed E-state index contributed by atoms with van der Waals surface area (Å²) in [6, 6.07) is 9.37. The Labute approximate surface area is 109 Å². The van der Waals surface area contributed by atoms with Gasteiger partial charge >= 0.3 is 0 Å². The average molecular weight is 254 g/mol. The summed E-state index contributed by atoms with van der Waals surface area (Å²) < 4.78 is 6.00. The Hall–Kier alpha value is -0.570. The van der Waals surface area contributed by atoms with Crippen molar-refractivity contribution in [2.24, 2.45) is 0 Å². The minimum Gasteiger partial charge on any atom is -0.371 e. The van der Waals surface area contributed by atoms with E-state index in [1.807, 2.05) is 0 Å². The number of aryl methyl sites for hydroxylation is 1. The summed E-state index contributed by atoms with van der Waals surface area (Å²) in [5.74, 6) is 0. The zero-order chi connectivity index (χ0) is 11.0. The van der Waals surface area contributed by atoms with Crippen LogP contribution < -0.4 is 0 Å². The molecule has 1 aliphatic heterocycles. The maximum atomic E-state index is 6.00. The van der Waals surface area contributed by atoms with Crippen molar-refractivity contribution in [1.29, 1.82) is 0 Å². The molecule has 1 fully saturated rings. The van der Waals surface area contributed by atoms with Gasteiger partial charge in [0.1, 0.15) is 0 Å². The molecular weight excluding hydrogens is 234 g/mol. The monoisotopic (exact) mass is 253 g/mol. The molecule has 1 aliphatic carbocycles. The third-order valence-corrected chi connectivity index (χ3v) is 3.97. The Morgan fingerprint density at radius 3 is 3.00 bits per heavy atom. The quantitative estimate of drug-likeness (QED) is 0.763. The first-order valence-electron chi connectivity index (χ1n) is 6.33. The zero-order valence-electron chi connectivity index (χ0n) is 10.3. The van der Waals surface area contributed by atoms with Gasteiger partial charge in [-0.2, -0.15) is 0 Å². The molecule has 0 spiro atoms. The molecule has 3 heteroatoms. The number of benzene rings is 1. The van der Waals surface area contributed by atoms with Crippen LogP contribution in [0, 0.1) is 0 Å².